The van der Waals surface area contributed by atoms with Gasteiger partial charge in [-0.05, 0) is 18.6 Å². The number of rotatable bonds is 2. The molecule has 0 radical (unpaired) electrons. The Morgan fingerprint density at radius 1 is 1.54 bits per heavy atom. The highest BCUT2D eigenvalue weighted by molar-refractivity contribution is 5.82. The van der Waals surface area contributed by atoms with E-state index in [0.29, 0.717) is 0 Å². The molecule has 0 atom stereocenters. The van der Waals surface area contributed by atoms with E-state index in [1.54, 1.807) is 0 Å². The molecule has 4 nitrogen and oxygen atoms in total. The van der Waals surface area contributed by atoms with Crippen LogP contribution in [0.15, 0.2) is 12.1 Å². The van der Waals surface area contributed by atoms with Crippen molar-refractivity contribution in [1.29, 1.82) is 0 Å². The van der Waals surface area contributed by atoms with Gasteiger partial charge in [-0.2, -0.15) is 0 Å². The smallest absolute Gasteiger partial charge is 0.282 e. The third-order valence-electron chi connectivity index (χ3n) is 1.66. The lowest BCUT2D eigenvalue weighted by Gasteiger charge is -1.99. The van der Waals surface area contributed by atoms with Gasteiger partial charge in [0.2, 0.25) is 0 Å². The third kappa shape index (κ3) is 1.53. The zero-order chi connectivity index (χ0) is 10.0. The number of carbonyl (C=O) groups is 1. The third-order valence-corrected chi connectivity index (χ3v) is 1.66. The van der Waals surface area contributed by atoms with Crippen LogP contribution in [0.5, 0.6) is 0 Å². The summed E-state index contributed by atoms with van der Waals surface area (Å²) in [5, 5.41) is 10.3. The van der Waals surface area contributed by atoms with E-state index in [1.807, 2.05) is 0 Å². The summed E-state index contributed by atoms with van der Waals surface area (Å²) in [7, 11) is 0. The van der Waals surface area contributed by atoms with Crippen LogP contribution in [0.25, 0.3) is 0 Å². The van der Waals surface area contributed by atoms with Crippen LogP contribution in [0.4, 0.5) is 10.1 Å². The lowest BCUT2D eigenvalue weighted by atomic mass is 10.1. The van der Waals surface area contributed by atoms with Gasteiger partial charge in [0.1, 0.15) is 11.4 Å². The predicted octanol–water partition coefficient (Wildman–Crippen LogP) is 1.85. The molecule has 0 aliphatic rings. The van der Waals surface area contributed by atoms with Crippen molar-refractivity contribution in [3.8, 4) is 0 Å². The molecule has 1 aromatic carbocycles. The molecule has 0 aliphatic carbocycles. The highest BCUT2D eigenvalue weighted by atomic mass is 19.1. The summed E-state index contributed by atoms with van der Waals surface area (Å²) in [4.78, 5) is 19.9. The van der Waals surface area contributed by atoms with Crippen molar-refractivity contribution in [2.24, 2.45) is 0 Å². The minimum Gasteiger partial charge on any atom is -0.298 e. The molecule has 0 N–H and O–H groups in total. The summed E-state index contributed by atoms with van der Waals surface area (Å²) in [6.07, 6.45) is 0.153. The van der Waals surface area contributed by atoms with Gasteiger partial charge in [-0.25, -0.2) is 4.39 Å². The molecule has 0 aliphatic heterocycles. The van der Waals surface area contributed by atoms with Gasteiger partial charge in [-0.15, -0.1) is 0 Å². The van der Waals surface area contributed by atoms with Crippen LogP contribution in [-0.4, -0.2) is 11.2 Å². The number of carbonyl (C=O) groups excluding carboxylic acids is 1. The summed E-state index contributed by atoms with van der Waals surface area (Å²) in [6.45, 7) is 1.44. The maximum absolute atomic E-state index is 13.1. The monoisotopic (exact) mass is 183 g/mol. The van der Waals surface area contributed by atoms with Crippen LogP contribution in [0.2, 0.25) is 0 Å². The summed E-state index contributed by atoms with van der Waals surface area (Å²) in [5.41, 5.74) is -0.782. The molecule has 0 bridgehead atoms. The average Bonchev–Trinajstić information content (AvgIpc) is 2.09. The lowest BCUT2D eigenvalue weighted by Crippen LogP contribution is -1.99. The second-order valence-corrected chi connectivity index (χ2v) is 2.50. The molecule has 13 heavy (non-hydrogen) atoms. The van der Waals surface area contributed by atoms with Crippen LogP contribution in [0.1, 0.15) is 15.9 Å². The van der Waals surface area contributed by atoms with E-state index in [9.17, 15) is 19.3 Å². The van der Waals surface area contributed by atoms with E-state index in [4.69, 9.17) is 0 Å². The second-order valence-electron chi connectivity index (χ2n) is 2.50. The van der Waals surface area contributed by atoms with Crippen molar-refractivity contribution in [3.05, 3.63) is 39.2 Å². The Labute approximate surface area is 73.1 Å². The summed E-state index contributed by atoms with van der Waals surface area (Å²) >= 11 is 0. The highest BCUT2D eigenvalue weighted by Crippen LogP contribution is 2.21. The van der Waals surface area contributed by atoms with Gasteiger partial charge in [0, 0.05) is 6.07 Å². The number of benzene rings is 1. The zero-order valence-electron chi connectivity index (χ0n) is 6.78. The second kappa shape index (κ2) is 3.30. The van der Waals surface area contributed by atoms with Gasteiger partial charge in [0.15, 0.2) is 6.29 Å². The van der Waals surface area contributed by atoms with E-state index in [-0.39, 0.29) is 11.8 Å². The number of nitro groups is 1. The van der Waals surface area contributed by atoms with Gasteiger partial charge in [0.05, 0.1) is 4.92 Å². The van der Waals surface area contributed by atoms with E-state index >= 15 is 0 Å². The molecule has 0 unspecified atom stereocenters. The first-order valence-corrected chi connectivity index (χ1v) is 3.46. The van der Waals surface area contributed by atoms with Gasteiger partial charge in [-0.1, -0.05) is 0 Å². The van der Waals surface area contributed by atoms with Crippen molar-refractivity contribution < 1.29 is 14.1 Å². The SMILES string of the molecule is Cc1ccc([N+](=O)[O-])c(C=O)c1F. The molecular formula is C8H6FNO3. The minimum absolute atomic E-state index is 0.153. The van der Waals surface area contributed by atoms with Crippen LogP contribution in [0, 0.1) is 22.9 Å². The normalized spacial score (nSPS) is 9.69. The van der Waals surface area contributed by atoms with Gasteiger partial charge < -0.3 is 0 Å². The van der Waals surface area contributed by atoms with Crippen LogP contribution in [0.3, 0.4) is 0 Å². The topological polar surface area (TPSA) is 60.2 Å². The van der Waals surface area contributed by atoms with Crippen molar-refractivity contribution >= 4 is 12.0 Å². The Kier molecular flexibility index (Phi) is 2.36. The number of nitro benzene ring substituents is 1. The first-order chi connectivity index (χ1) is 6.07. The van der Waals surface area contributed by atoms with Crippen molar-refractivity contribution in [2.45, 2.75) is 6.92 Å². The largest absolute Gasteiger partial charge is 0.298 e. The fraction of sp³-hybridized carbons (Fsp3) is 0.125. The lowest BCUT2D eigenvalue weighted by molar-refractivity contribution is -0.385. The summed E-state index contributed by atoms with van der Waals surface area (Å²) < 4.78 is 13.1. The Balaban J connectivity index is 3.47. The van der Waals surface area contributed by atoms with E-state index in [0.717, 1.165) is 6.07 Å². The average molecular weight is 183 g/mol. The quantitative estimate of drug-likeness (QED) is 0.399. The minimum atomic E-state index is -0.829. The molecule has 1 rings (SSSR count). The van der Waals surface area contributed by atoms with Crippen LogP contribution >= 0.6 is 0 Å². The number of aldehydes is 1. The number of hydrogen-bond acceptors (Lipinski definition) is 3. The Morgan fingerprint density at radius 2 is 2.15 bits per heavy atom. The molecule has 0 spiro atoms. The summed E-state index contributed by atoms with van der Waals surface area (Å²) in [6, 6.07) is 2.38. The number of hydrogen-bond donors (Lipinski definition) is 0. The molecule has 5 heteroatoms. The fourth-order valence-corrected chi connectivity index (χ4v) is 0.963. The van der Waals surface area contributed by atoms with Crippen molar-refractivity contribution in [2.75, 3.05) is 0 Å². The molecular weight excluding hydrogens is 177 g/mol. The van der Waals surface area contributed by atoms with Gasteiger partial charge >= 0.3 is 0 Å². The first kappa shape index (κ1) is 9.31. The van der Waals surface area contributed by atoms with Crippen molar-refractivity contribution in [3.63, 3.8) is 0 Å². The van der Waals surface area contributed by atoms with Crippen LogP contribution < -0.4 is 0 Å². The van der Waals surface area contributed by atoms with E-state index in [1.165, 1.54) is 13.0 Å². The Bertz CT molecular complexity index is 376. The molecule has 0 aromatic heterocycles. The zero-order valence-corrected chi connectivity index (χ0v) is 6.78. The number of nitrogens with zero attached hydrogens (tertiary/aromatic N) is 1. The molecule has 1 aromatic rings. The molecule has 0 fully saturated rings. The van der Waals surface area contributed by atoms with Gasteiger partial charge in [-0.3, -0.25) is 14.9 Å². The predicted molar refractivity (Wildman–Crippen MR) is 43.2 cm³/mol. The maximum atomic E-state index is 13.1. The van der Waals surface area contributed by atoms with E-state index < -0.39 is 22.0 Å². The van der Waals surface area contributed by atoms with Crippen LogP contribution in [-0.2, 0) is 0 Å². The summed E-state index contributed by atoms with van der Waals surface area (Å²) in [5.74, 6) is -0.829. The van der Waals surface area contributed by atoms with Crippen molar-refractivity contribution in [1.82, 2.24) is 0 Å². The number of halogens is 1. The maximum Gasteiger partial charge on any atom is 0.282 e. The fourth-order valence-electron chi connectivity index (χ4n) is 0.963. The Hall–Kier alpha value is -1.78. The molecule has 0 amide bonds. The Morgan fingerprint density at radius 3 is 2.62 bits per heavy atom. The molecule has 0 saturated heterocycles. The molecule has 68 valence electrons. The first-order valence-electron chi connectivity index (χ1n) is 3.46. The number of aryl methyl sites for hydroxylation is 1. The van der Waals surface area contributed by atoms with E-state index in [2.05, 4.69) is 0 Å². The standard InChI is InChI=1S/C8H6FNO3/c1-5-2-3-7(10(12)13)6(4-11)8(5)9/h2-4H,1H3. The molecule has 0 saturated carbocycles. The highest BCUT2D eigenvalue weighted by Gasteiger charge is 2.18. The van der Waals surface area contributed by atoms with Gasteiger partial charge in [0.25, 0.3) is 5.69 Å². The molecule has 0 heterocycles.